The number of aryl methyl sites for hydroxylation is 1. The molecule has 0 bridgehead atoms. The normalized spacial score (nSPS) is 10.4. The number of halogens is 1. The Hall–Kier alpha value is -2.56. The number of nitrogens with two attached hydrogens (primary N) is 1. The lowest BCUT2D eigenvalue weighted by Crippen LogP contribution is -2.19. The smallest absolute Gasteiger partial charge is 0.337 e. The molecule has 0 amide bonds. The maximum atomic E-state index is 14.2. The van der Waals surface area contributed by atoms with E-state index in [2.05, 4.69) is 0 Å². The van der Waals surface area contributed by atoms with Gasteiger partial charge in [0.1, 0.15) is 5.82 Å². The zero-order valence-corrected chi connectivity index (χ0v) is 11.9. The lowest BCUT2D eigenvalue weighted by molar-refractivity contribution is 0.0698. The Morgan fingerprint density at radius 1 is 1.29 bits per heavy atom. The van der Waals surface area contributed by atoms with Crippen molar-refractivity contribution in [1.29, 1.82) is 0 Å². The van der Waals surface area contributed by atoms with Crippen molar-refractivity contribution in [2.24, 2.45) is 0 Å². The Bertz CT molecular complexity index is 686. The number of nitrogen functional groups attached to an aromatic ring is 1. The monoisotopic (exact) mass is 288 g/mol. The van der Waals surface area contributed by atoms with E-state index in [1.54, 1.807) is 4.90 Å². The number of anilines is 3. The van der Waals surface area contributed by atoms with Gasteiger partial charge in [-0.15, -0.1) is 0 Å². The molecule has 0 heterocycles. The van der Waals surface area contributed by atoms with Gasteiger partial charge in [-0.3, -0.25) is 0 Å². The van der Waals surface area contributed by atoms with Crippen LogP contribution in [-0.2, 0) is 0 Å². The third-order valence-electron chi connectivity index (χ3n) is 3.36. The molecule has 4 nitrogen and oxygen atoms in total. The van der Waals surface area contributed by atoms with Crippen LogP contribution in [0.15, 0.2) is 36.4 Å². The quantitative estimate of drug-likeness (QED) is 0.844. The highest BCUT2D eigenvalue weighted by molar-refractivity contribution is 5.95. The van der Waals surface area contributed by atoms with E-state index in [-0.39, 0.29) is 16.9 Å². The number of hydrogen-bond acceptors (Lipinski definition) is 3. The van der Waals surface area contributed by atoms with E-state index < -0.39 is 11.8 Å². The molecule has 0 unspecified atom stereocenters. The molecule has 0 radical (unpaired) electrons. The lowest BCUT2D eigenvalue weighted by Gasteiger charge is -2.26. The number of nitrogens with zero attached hydrogens (tertiary/aromatic N) is 1. The predicted molar refractivity (Wildman–Crippen MR) is 81.6 cm³/mol. The Morgan fingerprint density at radius 2 is 1.95 bits per heavy atom. The summed E-state index contributed by atoms with van der Waals surface area (Å²) in [6.07, 6.45) is 0. The first kappa shape index (κ1) is 14.8. The number of aromatic carboxylic acids is 1. The second-order valence-corrected chi connectivity index (χ2v) is 4.73. The molecule has 21 heavy (non-hydrogen) atoms. The molecule has 0 aliphatic rings. The summed E-state index contributed by atoms with van der Waals surface area (Å²) in [5.41, 5.74) is 7.40. The number of carboxylic acid groups (broad SMARTS) is 1. The van der Waals surface area contributed by atoms with Gasteiger partial charge in [-0.1, -0.05) is 18.2 Å². The third-order valence-corrected chi connectivity index (χ3v) is 3.36. The number of para-hydroxylation sites is 1. The van der Waals surface area contributed by atoms with Crippen LogP contribution < -0.4 is 10.6 Å². The Kier molecular flexibility index (Phi) is 4.12. The molecule has 0 aromatic heterocycles. The fraction of sp³-hybridized carbons (Fsp3) is 0.188. The molecule has 3 N–H and O–H groups in total. The second-order valence-electron chi connectivity index (χ2n) is 4.73. The molecule has 0 spiro atoms. The minimum Gasteiger partial charge on any atom is -0.478 e. The van der Waals surface area contributed by atoms with Crippen LogP contribution in [0.4, 0.5) is 21.5 Å². The van der Waals surface area contributed by atoms with Crippen molar-refractivity contribution in [3.63, 3.8) is 0 Å². The highest BCUT2D eigenvalue weighted by atomic mass is 19.1. The number of hydrogen-bond donors (Lipinski definition) is 2. The number of carbonyl (C=O) groups is 1. The van der Waals surface area contributed by atoms with Gasteiger partial charge in [0, 0.05) is 17.9 Å². The predicted octanol–water partition coefficient (Wildman–Crippen LogP) is 3.57. The molecule has 0 aliphatic carbocycles. The first-order chi connectivity index (χ1) is 9.95. The van der Waals surface area contributed by atoms with Crippen molar-refractivity contribution < 1.29 is 14.3 Å². The van der Waals surface area contributed by atoms with Crippen LogP contribution in [0.2, 0.25) is 0 Å². The Balaban J connectivity index is 2.60. The zero-order valence-electron chi connectivity index (χ0n) is 11.9. The average Bonchev–Trinajstić information content (AvgIpc) is 2.43. The number of rotatable bonds is 4. The molecular weight excluding hydrogens is 271 g/mol. The highest BCUT2D eigenvalue weighted by Gasteiger charge is 2.18. The van der Waals surface area contributed by atoms with E-state index in [0.29, 0.717) is 6.54 Å². The van der Waals surface area contributed by atoms with Gasteiger partial charge in [0.15, 0.2) is 0 Å². The minimum atomic E-state index is -1.17. The van der Waals surface area contributed by atoms with Crippen molar-refractivity contribution in [1.82, 2.24) is 0 Å². The van der Waals surface area contributed by atoms with Crippen molar-refractivity contribution in [3.8, 4) is 0 Å². The number of carboxylic acids is 1. The second kappa shape index (κ2) is 5.83. The van der Waals surface area contributed by atoms with Crippen molar-refractivity contribution in [2.75, 3.05) is 17.2 Å². The first-order valence-corrected chi connectivity index (χ1v) is 6.61. The number of benzene rings is 2. The van der Waals surface area contributed by atoms with Crippen LogP contribution in [0.3, 0.4) is 0 Å². The third kappa shape index (κ3) is 2.81. The molecule has 0 saturated heterocycles. The summed E-state index contributed by atoms with van der Waals surface area (Å²) in [5, 5.41) is 9.14. The van der Waals surface area contributed by atoms with E-state index in [0.717, 1.165) is 17.3 Å². The van der Waals surface area contributed by atoms with Gasteiger partial charge in [0.05, 0.1) is 11.3 Å². The van der Waals surface area contributed by atoms with E-state index in [1.807, 2.05) is 38.1 Å². The van der Waals surface area contributed by atoms with Crippen molar-refractivity contribution >= 4 is 23.0 Å². The molecule has 0 saturated carbocycles. The summed E-state index contributed by atoms with van der Waals surface area (Å²) in [5.74, 6) is -1.71. The summed E-state index contributed by atoms with van der Waals surface area (Å²) >= 11 is 0. The van der Waals surface area contributed by atoms with Crippen molar-refractivity contribution in [3.05, 3.63) is 53.3 Å². The van der Waals surface area contributed by atoms with E-state index in [9.17, 15) is 9.18 Å². The fourth-order valence-corrected chi connectivity index (χ4v) is 2.31. The Labute approximate surface area is 122 Å². The standard InChI is InChI=1S/C16H17FN2O2/c1-3-19(14-7-5-4-6-10(14)2)15-8-11(16(20)21)13(18)9-12(15)17/h4-9H,3,18H2,1-2H3,(H,20,21). The van der Waals surface area contributed by atoms with Gasteiger partial charge in [0.25, 0.3) is 0 Å². The molecule has 0 aliphatic heterocycles. The van der Waals surface area contributed by atoms with Gasteiger partial charge in [-0.2, -0.15) is 0 Å². The van der Waals surface area contributed by atoms with Crippen LogP contribution in [0.1, 0.15) is 22.8 Å². The van der Waals surface area contributed by atoms with E-state index in [1.165, 1.54) is 6.07 Å². The van der Waals surface area contributed by atoms with Crippen LogP contribution >= 0.6 is 0 Å². The van der Waals surface area contributed by atoms with E-state index >= 15 is 0 Å². The van der Waals surface area contributed by atoms with Gasteiger partial charge in [-0.05, 0) is 37.6 Å². The summed E-state index contributed by atoms with van der Waals surface area (Å²) in [7, 11) is 0. The highest BCUT2D eigenvalue weighted by Crippen LogP contribution is 2.32. The summed E-state index contributed by atoms with van der Waals surface area (Å²) in [6, 6.07) is 9.88. The molecular formula is C16H17FN2O2. The summed E-state index contributed by atoms with van der Waals surface area (Å²) in [4.78, 5) is 12.9. The molecule has 2 aromatic carbocycles. The van der Waals surface area contributed by atoms with Gasteiger partial charge < -0.3 is 15.7 Å². The van der Waals surface area contributed by atoms with Gasteiger partial charge >= 0.3 is 5.97 Å². The Morgan fingerprint density at radius 3 is 2.52 bits per heavy atom. The van der Waals surface area contributed by atoms with Gasteiger partial charge in [-0.25, -0.2) is 9.18 Å². The van der Waals surface area contributed by atoms with E-state index in [4.69, 9.17) is 10.8 Å². The average molecular weight is 288 g/mol. The fourth-order valence-electron chi connectivity index (χ4n) is 2.31. The summed E-state index contributed by atoms with van der Waals surface area (Å²) < 4.78 is 14.2. The molecule has 5 heteroatoms. The molecule has 2 aromatic rings. The van der Waals surface area contributed by atoms with Gasteiger partial charge in [0.2, 0.25) is 0 Å². The first-order valence-electron chi connectivity index (χ1n) is 6.61. The minimum absolute atomic E-state index is 0.0791. The van der Waals surface area contributed by atoms with Crippen LogP contribution in [0.5, 0.6) is 0 Å². The van der Waals surface area contributed by atoms with Crippen molar-refractivity contribution in [2.45, 2.75) is 13.8 Å². The maximum Gasteiger partial charge on any atom is 0.337 e. The maximum absolute atomic E-state index is 14.2. The SMILES string of the molecule is CCN(c1ccccc1C)c1cc(C(=O)O)c(N)cc1F. The molecule has 0 atom stereocenters. The zero-order chi connectivity index (χ0) is 15.6. The largest absolute Gasteiger partial charge is 0.478 e. The topological polar surface area (TPSA) is 66.6 Å². The van der Waals surface area contributed by atoms with Crippen LogP contribution in [0, 0.1) is 12.7 Å². The van der Waals surface area contributed by atoms with Crippen LogP contribution in [0.25, 0.3) is 0 Å². The molecule has 2 rings (SSSR count). The summed E-state index contributed by atoms with van der Waals surface area (Å²) in [6.45, 7) is 4.30. The molecule has 110 valence electrons. The molecule has 0 fully saturated rings. The van der Waals surface area contributed by atoms with Crippen LogP contribution in [-0.4, -0.2) is 17.6 Å². The lowest BCUT2D eigenvalue weighted by atomic mass is 10.1.